The summed E-state index contributed by atoms with van der Waals surface area (Å²) in [5.41, 5.74) is 0.685. The Kier molecular flexibility index (Phi) is 3.55. The summed E-state index contributed by atoms with van der Waals surface area (Å²) in [6, 6.07) is 0. The van der Waals surface area contributed by atoms with Crippen LogP contribution >= 0.6 is 22.6 Å². The van der Waals surface area contributed by atoms with E-state index in [9.17, 15) is 8.78 Å². The zero-order valence-electron chi connectivity index (χ0n) is 6.89. The monoisotopic (exact) mass is 299 g/mol. The minimum absolute atomic E-state index is 0.0767. The van der Waals surface area contributed by atoms with Gasteiger partial charge in [0.2, 0.25) is 0 Å². The summed E-state index contributed by atoms with van der Waals surface area (Å²) in [5.74, 6) is 0. The van der Waals surface area contributed by atoms with E-state index in [4.69, 9.17) is 5.11 Å². The van der Waals surface area contributed by atoms with Gasteiger partial charge in [-0.2, -0.15) is 0 Å². The Balaban J connectivity index is 3.30. The largest absolute Gasteiger partial charge is 0.392 e. The molecule has 0 aliphatic heterocycles. The van der Waals surface area contributed by atoms with Crippen LogP contribution in [0.25, 0.3) is 0 Å². The first-order chi connectivity index (χ1) is 6.07. The lowest BCUT2D eigenvalue weighted by Crippen LogP contribution is -2.01. The van der Waals surface area contributed by atoms with Gasteiger partial charge < -0.3 is 5.11 Å². The van der Waals surface area contributed by atoms with Crippen LogP contribution in [0.4, 0.5) is 8.78 Å². The molecule has 72 valence electrons. The molecule has 0 aromatic carbocycles. The quantitative estimate of drug-likeness (QED) is 0.851. The van der Waals surface area contributed by atoms with Crippen molar-refractivity contribution in [2.24, 2.45) is 0 Å². The van der Waals surface area contributed by atoms with Gasteiger partial charge >= 0.3 is 0 Å². The average molecular weight is 299 g/mol. The van der Waals surface area contributed by atoms with E-state index in [1.165, 1.54) is 13.1 Å². The van der Waals surface area contributed by atoms with Crippen molar-refractivity contribution in [2.45, 2.75) is 20.0 Å². The lowest BCUT2D eigenvalue weighted by molar-refractivity contribution is 0.148. The van der Waals surface area contributed by atoms with Gasteiger partial charge in [0.1, 0.15) is 0 Å². The van der Waals surface area contributed by atoms with Crippen molar-refractivity contribution >= 4 is 22.6 Å². The molecular weight excluding hydrogens is 291 g/mol. The molecule has 0 bridgehead atoms. The summed E-state index contributed by atoms with van der Waals surface area (Å²) < 4.78 is 25.4. The van der Waals surface area contributed by atoms with E-state index >= 15 is 0 Å². The summed E-state index contributed by atoms with van der Waals surface area (Å²) in [5, 5.41) is 8.83. The molecule has 0 unspecified atom stereocenters. The Morgan fingerprint density at radius 2 is 2.23 bits per heavy atom. The van der Waals surface area contributed by atoms with E-state index in [-0.39, 0.29) is 12.2 Å². The average Bonchev–Trinajstić information content (AvgIpc) is 2.04. The molecule has 0 saturated heterocycles. The number of rotatable bonds is 2. The Bertz CT molecular complexity index is 317. The maximum atomic E-state index is 12.5. The Hall–Kier alpha value is -0.300. The van der Waals surface area contributed by atoms with Gasteiger partial charge in [0.05, 0.1) is 12.2 Å². The molecule has 0 aliphatic rings. The summed E-state index contributed by atoms with van der Waals surface area (Å²) >= 11 is 1.80. The van der Waals surface area contributed by atoms with Crippen molar-refractivity contribution in [3.05, 3.63) is 26.6 Å². The third-order valence-corrected chi connectivity index (χ3v) is 2.98. The van der Waals surface area contributed by atoms with E-state index in [2.05, 4.69) is 4.98 Å². The summed E-state index contributed by atoms with van der Waals surface area (Å²) in [4.78, 5) is 3.79. The number of hydrogen-bond acceptors (Lipinski definition) is 2. The first-order valence-electron chi connectivity index (χ1n) is 3.60. The molecule has 1 aromatic heterocycles. The van der Waals surface area contributed by atoms with Gasteiger partial charge in [-0.25, -0.2) is 8.78 Å². The topological polar surface area (TPSA) is 33.1 Å². The summed E-state index contributed by atoms with van der Waals surface area (Å²) in [6.07, 6.45) is -1.12. The van der Waals surface area contributed by atoms with Gasteiger partial charge in [-0.15, -0.1) is 0 Å². The second-order valence-electron chi connectivity index (χ2n) is 2.56. The van der Waals surface area contributed by atoms with E-state index in [0.717, 1.165) is 0 Å². The van der Waals surface area contributed by atoms with Crippen LogP contribution in [0.2, 0.25) is 0 Å². The number of hydrogen-bond donors (Lipinski definition) is 1. The van der Waals surface area contributed by atoms with Crippen LogP contribution in [-0.2, 0) is 6.61 Å². The van der Waals surface area contributed by atoms with Crippen LogP contribution < -0.4 is 0 Å². The Morgan fingerprint density at radius 3 is 2.69 bits per heavy atom. The normalized spacial score (nSPS) is 10.9. The molecule has 1 aromatic rings. The van der Waals surface area contributed by atoms with Crippen LogP contribution in [0.1, 0.15) is 23.2 Å². The zero-order valence-corrected chi connectivity index (χ0v) is 9.05. The fourth-order valence-electron chi connectivity index (χ4n) is 0.997. The first kappa shape index (κ1) is 10.8. The molecule has 0 amide bonds. The molecule has 0 fully saturated rings. The highest BCUT2D eigenvalue weighted by Crippen LogP contribution is 2.28. The van der Waals surface area contributed by atoms with Crippen molar-refractivity contribution in [2.75, 3.05) is 0 Å². The van der Waals surface area contributed by atoms with Crippen LogP contribution in [-0.4, -0.2) is 10.1 Å². The molecule has 1 heterocycles. The van der Waals surface area contributed by atoms with Crippen LogP contribution in [0.3, 0.4) is 0 Å². The molecule has 0 spiro atoms. The van der Waals surface area contributed by atoms with Gasteiger partial charge in [-0.3, -0.25) is 4.98 Å². The molecule has 0 atom stereocenters. The zero-order chi connectivity index (χ0) is 10.0. The summed E-state index contributed by atoms with van der Waals surface area (Å²) in [6.45, 7) is 1.27. The molecule has 0 radical (unpaired) electrons. The molecule has 1 rings (SSSR count). The number of nitrogens with zero attached hydrogens (tertiary/aromatic N) is 1. The SMILES string of the molecule is Cc1ncc(CO)c(I)c1C(F)F. The standard InChI is InChI=1S/C8H8F2INO/c1-4-6(8(9)10)7(11)5(3-13)2-12-4/h2,8,13H,3H2,1H3. The Labute approximate surface area is 88.1 Å². The number of aliphatic hydroxyl groups excluding tert-OH is 1. The third-order valence-electron chi connectivity index (χ3n) is 1.71. The van der Waals surface area contributed by atoms with Crippen molar-refractivity contribution in [1.82, 2.24) is 4.98 Å². The van der Waals surface area contributed by atoms with Gasteiger partial charge in [0.25, 0.3) is 6.43 Å². The molecule has 0 aliphatic carbocycles. The maximum Gasteiger partial charge on any atom is 0.266 e. The number of halogens is 3. The lowest BCUT2D eigenvalue weighted by Gasteiger charge is -2.09. The fraction of sp³-hybridized carbons (Fsp3) is 0.375. The maximum absolute atomic E-state index is 12.5. The van der Waals surface area contributed by atoms with Gasteiger partial charge in [-0.05, 0) is 29.5 Å². The minimum atomic E-state index is -2.54. The van der Waals surface area contributed by atoms with E-state index in [0.29, 0.717) is 14.8 Å². The highest BCUT2D eigenvalue weighted by Gasteiger charge is 2.17. The van der Waals surface area contributed by atoms with Gasteiger partial charge in [0.15, 0.2) is 0 Å². The van der Waals surface area contributed by atoms with Crippen LogP contribution in [0.5, 0.6) is 0 Å². The predicted molar refractivity (Wildman–Crippen MR) is 52.6 cm³/mol. The fourth-order valence-corrected chi connectivity index (χ4v) is 1.93. The van der Waals surface area contributed by atoms with Crippen LogP contribution in [0.15, 0.2) is 6.20 Å². The van der Waals surface area contributed by atoms with Crippen molar-refractivity contribution in [1.29, 1.82) is 0 Å². The van der Waals surface area contributed by atoms with E-state index < -0.39 is 6.43 Å². The Morgan fingerprint density at radius 1 is 1.62 bits per heavy atom. The highest BCUT2D eigenvalue weighted by molar-refractivity contribution is 14.1. The number of aryl methyl sites for hydroxylation is 1. The summed E-state index contributed by atoms with van der Waals surface area (Å²) in [7, 11) is 0. The van der Waals surface area contributed by atoms with Gasteiger partial charge in [-0.1, -0.05) is 0 Å². The second-order valence-corrected chi connectivity index (χ2v) is 3.63. The number of aliphatic hydroxyl groups is 1. The van der Waals surface area contributed by atoms with Crippen molar-refractivity contribution in [3.63, 3.8) is 0 Å². The minimum Gasteiger partial charge on any atom is -0.392 e. The first-order valence-corrected chi connectivity index (χ1v) is 4.68. The second kappa shape index (κ2) is 4.28. The van der Waals surface area contributed by atoms with Crippen molar-refractivity contribution in [3.8, 4) is 0 Å². The smallest absolute Gasteiger partial charge is 0.266 e. The third kappa shape index (κ3) is 2.14. The number of aromatic nitrogens is 1. The molecule has 2 nitrogen and oxygen atoms in total. The molecule has 1 N–H and O–H groups in total. The molecule has 13 heavy (non-hydrogen) atoms. The lowest BCUT2D eigenvalue weighted by atomic mass is 10.1. The van der Waals surface area contributed by atoms with E-state index in [1.807, 2.05) is 0 Å². The van der Waals surface area contributed by atoms with Crippen LogP contribution in [0, 0.1) is 10.5 Å². The van der Waals surface area contributed by atoms with Gasteiger partial charge in [0, 0.05) is 21.0 Å². The number of pyridine rings is 1. The molecule has 5 heteroatoms. The predicted octanol–water partition coefficient (Wildman–Crippen LogP) is 2.42. The van der Waals surface area contributed by atoms with E-state index in [1.54, 1.807) is 22.6 Å². The molecular formula is C8H8F2INO. The van der Waals surface area contributed by atoms with Crippen molar-refractivity contribution < 1.29 is 13.9 Å². The number of alkyl halides is 2. The highest BCUT2D eigenvalue weighted by atomic mass is 127. The molecule has 0 saturated carbocycles.